The zero-order chi connectivity index (χ0) is 19.1. The van der Waals surface area contributed by atoms with Crippen LogP contribution in [0.2, 0.25) is 0 Å². The van der Waals surface area contributed by atoms with Gasteiger partial charge >= 0.3 is 0 Å². The lowest BCUT2D eigenvalue weighted by Gasteiger charge is -2.15. The first-order chi connectivity index (χ1) is 12.4. The van der Waals surface area contributed by atoms with Gasteiger partial charge in [-0.1, -0.05) is 12.1 Å². The number of hydrogen-bond acceptors (Lipinski definition) is 4. The SMILES string of the molecule is COc1ccc(CNC(=O)CN[C@@H](C)c2ccc(F)c(F)c2)cc1OC. The van der Waals surface area contributed by atoms with Gasteiger partial charge in [0.15, 0.2) is 23.1 Å². The summed E-state index contributed by atoms with van der Waals surface area (Å²) >= 11 is 0. The summed E-state index contributed by atoms with van der Waals surface area (Å²) < 4.78 is 36.6. The molecule has 0 unspecified atom stereocenters. The molecule has 7 heteroatoms. The van der Waals surface area contributed by atoms with Gasteiger partial charge in [0.1, 0.15) is 0 Å². The number of benzene rings is 2. The average molecular weight is 364 g/mol. The van der Waals surface area contributed by atoms with Crippen LogP contribution in [0.1, 0.15) is 24.1 Å². The van der Waals surface area contributed by atoms with E-state index >= 15 is 0 Å². The molecule has 0 fully saturated rings. The number of carbonyl (C=O) groups excluding carboxylic acids is 1. The van der Waals surface area contributed by atoms with E-state index in [-0.39, 0.29) is 18.5 Å². The third-order valence-corrected chi connectivity index (χ3v) is 3.95. The van der Waals surface area contributed by atoms with E-state index in [1.54, 1.807) is 33.3 Å². The molecule has 0 heterocycles. The minimum atomic E-state index is -0.908. The molecule has 2 aromatic carbocycles. The maximum absolute atomic E-state index is 13.3. The van der Waals surface area contributed by atoms with Crippen LogP contribution in [-0.4, -0.2) is 26.7 Å². The highest BCUT2D eigenvalue weighted by Crippen LogP contribution is 2.27. The number of hydrogen-bond donors (Lipinski definition) is 2. The standard InChI is InChI=1S/C19H22F2N2O3/c1-12(14-5-6-15(20)16(21)9-14)22-11-19(24)23-10-13-4-7-17(25-2)18(8-13)26-3/h4-9,12,22H,10-11H2,1-3H3,(H,23,24)/t12-/m0/s1. The molecule has 0 spiro atoms. The highest BCUT2D eigenvalue weighted by atomic mass is 19.2. The van der Waals surface area contributed by atoms with E-state index in [9.17, 15) is 13.6 Å². The van der Waals surface area contributed by atoms with Gasteiger partial charge in [0.2, 0.25) is 5.91 Å². The van der Waals surface area contributed by atoms with Gasteiger partial charge in [-0.3, -0.25) is 4.79 Å². The summed E-state index contributed by atoms with van der Waals surface area (Å²) in [4.78, 5) is 12.0. The smallest absolute Gasteiger partial charge is 0.234 e. The summed E-state index contributed by atoms with van der Waals surface area (Å²) in [6, 6.07) is 8.77. The van der Waals surface area contributed by atoms with Gasteiger partial charge in [-0.15, -0.1) is 0 Å². The fourth-order valence-electron chi connectivity index (χ4n) is 2.40. The Morgan fingerprint density at radius 2 is 1.77 bits per heavy atom. The van der Waals surface area contributed by atoms with Crippen LogP contribution >= 0.6 is 0 Å². The van der Waals surface area contributed by atoms with Gasteiger partial charge in [0, 0.05) is 12.6 Å². The van der Waals surface area contributed by atoms with E-state index in [1.807, 2.05) is 6.07 Å². The molecule has 1 amide bonds. The van der Waals surface area contributed by atoms with Crippen LogP contribution < -0.4 is 20.1 Å². The van der Waals surface area contributed by atoms with Crippen LogP contribution in [0.4, 0.5) is 8.78 Å². The number of nitrogens with one attached hydrogen (secondary N) is 2. The van der Waals surface area contributed by atoms with Crippen molar-refractivity contribution in [2.75, 3.05) is 20.8 Å². The fraction of sp³-hybridized carbons (Fsp3) is 0.316. The number of carbonyl (C=O) groups is 1. The summed E-state index contributed by atoms with van der Waals surface area (Å²) in [5.41, 5.74) is 1.43. The van der Waals surface area contributed by atoms with Gasteiger partial charge in [0.25, 0.3) is 0 Å². The van der Waals surface area contributed by atoms with Crippen molar-refractivity contribution in [1.29, 1.82) is 0 Å². The highest BCUT2D eigenvalue weighted by molar-refractivity contribution is 5.78. The first-order valence-corrected chi connectivity index (χ1v) is 8.10. The first kappa shape index (κ1) is 19.7. The minimum absolute atomic E-state index is 0.0491. The molecule has 0 saturated heterocycles. The summed E-state index contributed by atoms with van der Waals surface area (Å²) in [6.45, 7) is 2.15. The Kier molecular flexibility index (Phi) is 6.91. The van der Waals surface area contributed by atoms with E-state index in [0.29, 0.717) is 23.6 Å². The van der Waals surface area contributed by atoms with Gasteiger partial charge < -0.3 is 20.1 Å². The van der Waals surface area contributed by atoms with Crippen LogP contribution in [0.25, 0.3) is 0 Å². The molecule has 26 heavy (non-hydrogen) atoms. The van der Waals surface area contributed by atoms with Crippen molar-refractivity contribution in [1.82, 2.24) is 10.6 Å². The Morgan fingerprint density at radius 3 is 2.42 bits per heavy atom. The predicted molar refractivity (Wildman–Crippen MR) is 94.2 cm³/mol. The topological polar surface area (TPSA) is 59.6 Å². The van der Waals surface area contributed by atoms with Crippen LogP contribution in [0.15, 0.2) is 36.4 Å². The second-order valence-electron chi connectivity index (χ2n) is 5.74. The molecule has 1 atom stereocenters. The quantitative estimate of drug-likeness (QED) is 0.756. The Balaban J connectivity index is 1.84. The van der Waals surface area contributed by atoms with Crippen molar-refractivity contribution >= 4 is 5.91 Å². The van der Waals surface area contributed by atoms with Crippen LogP contribution in [0, 0.1) is 11.6 Å². The van der Waals surface area contributed by atoms with Gasteiger partial charge in [0.05, 0.1) is 20.8 Å². The number of halogens is 2. The van der Waals surface area contributed by atoms with E-state index in [2.05, 4.69) is 10.6 Å². The van der Waals surface area contributed by atoms with E-state index in [4.69, 9.17) is 9.47 Å². The number of ether oxygens (including phenoxy) is 2. The van der Waals surface area contributed by atoms with Crippen LogP contribution in [-0.2, 0) is 11.3 Å². The third kappa shape index (κ3) is 5.16. The molecular formula is C19H22F2N2O3. The maximum atomic E-state index is 13.3. The molecule has 0 aliphatic carbocycles. The zero-order valence-electron chi connectivity index (χ0n) is 14.9. The van der Waals surface area contributed by atoms with Crippen molar-refractivity contribution in [3.63, 3.8) is 0 Å². The monoisotopic (exact) mass is 364 g/mol. The van der Waals surface area contributed by atoms with Gasteiger partial charge in [-0.25, -0.2) is 8.78 Å². The van der Waals surface area contributed by atoms with E-state index in [0.717, 1.165) is 17.7 Å². The lowest BCUT2D eigenvalue weighted by atomic mass is 10.1. The molecular weight excluding hydrogens is 342 g/mol. The lowest BCUT2D eigenvalue weighted by molar-refractivity contribution is -0.120. The van der Waals surface area contributed by atoms with Crippen molar-refractivity contribution in [3.05, 3.63) is 59.2 Å². The molecule has 0 aliphatic heterocycles. The van der Waals surface area contributed by atoms with Crippen LogP contribution in [0.5, 0.6) is 11.5 Å². The molecule has 0 radical (unpaired) electrons. The van der Waals surface area contributed by atoms with Crippen molar-refractivity contribution in [2.45, 2.75) is 19.5 Å². The predicted octanol–water partition coefficient (Wildman–Crippen LogP) is 2.95. The molecule has 0 saturated carbocycles. The number of methoxy groups -OCH3 is 2. The van der Waals surface area contributed by atoms with Gasteiger partial charge in [-0.05, 0) is 42.3 Å². The molecule has 0 aromatic heterocycles. The van der Waals surface area contributed by atoms with Gasteiger partial charge in [-0.2, -0.15) is 0 Å². The Labute approximate surface area is 151 Å². The van der Waals surface area contributed by atoms with Crippen LogP contribution in [0.3, 0.4) is 0 Å². The average Bonchev–Trinajstić information content (AvgIpc) is 2.66. The Bertz CT molecular complexity index is 768. The fourth-order valence-corrected chi connectivity index (χ4v) is 2.40. The lowest BCUT2D eigenvalue weighted by Crippen LogP contribution is -2.34. The molecule has 2 N–H and O–H groups in total. The largest absolute Gasteiger partial charge is 0.493 e. The molecule has 0 aliphatic rings. The van der Waals surface area contributed by atoms with Crippen molar-refractivity contribution in [2.24, 2.45) is 0 Å². The second kappa shape index (κ2) is 9.15. The first-order valence-electron chi connectivity index (χ1n) is 8.10. The second-order valence-corrected chi connectivity index (χ2v) is 5.74. The van der Waals surface area contributed by atoms with E-state index in [1.165, 1.54) is 6.07 Å². The molecule has 140 valence electrons. The molecule has 5 nitrogen and oxygen atoms in total. The summed E-state index contributed by atoms with van der Waals surface area (Å²) in [5.74, 6) is -0.814. The molecule has 2 rings (SSSR count). The molecule has 2 aromatic rings. The van der Waals surface area contributed by atoms with Crippen molar-refractivity contribution < 1.29 is 23.0 Å². The number of rotatable bonds is 8. The maximum Gasteiger partial charge on any atom is 0.234 e. The van der Waals surface area contributed by atoms with Crippen molar-refractivity contribution in [3.8, 4) is 11.5 Å². The Hall–Kier alpha value is -2.67. The van der Waals surface area contributed by atoms with E-state index < -0.39 is 11.6 Å². The summed E-state index contributed by atoms with van der Waals surface area (Å²) in [6.07, 6.45) is 0. The highest BCUT2D eigenvalue weighted by Gasteiger charge is 2.11. The zero-order valence-corrected chi connectivity index (χ0v) is 14.9. The third-order valence-electron chi connectivity index (χ3n) is 3.95. The number of amides is 1. The minimum Gasteiger partial charge on any atom is -0.493 e. The normalized spacial score (nSPS) is 11.7. The summed E-state index contributed by atoms with van der Waals surface area (Å²) in [5, 5.41) is 5.76. The molecule has 0 bridgehead atoms. The summed E-state index contributed by atoms with van der Waals surface area (Å²) in [7, 11) is 3.10. The Morgan fingerprint density at radius 1 is 1.04 bits per heavy atom.